The van der Waals surface area contributed by atoms with E-state index in [1.807, 2.05) is 43.5 Å². The van der Waals surface area contributed by atoms with Crippen LogP contribution in [0.5, 0.6) is 0 Å². The lowest BCUT2D eigenvalue weighted by Gasteiger charge is -2.18. The fourth-order valence-electron chi connectivity index (χ4n) is 2.02. The molecule has 90 valence electrons. The van der Waals surface area contributed by atoms with Crippen molar-refractivity contribution in [2.75, 3.05) is 7.11 Å². The smallest absolute Gasteiger partial charge is 0.193 e. The molecule has 1 aromatic carbocycles. The summed E-state index contributed by atoms with van der Waals surface area (Å²) in [4.78, 5) is 12.4. The van der Waals surface area contributed by atoms with Gasteiger partial charge in [0.2, 0.25) is 0 Å². The summed E-state index contributed by atoms with van der Waals surface area (Å²) in [6, 6.07) is 7.87. The molecule has 0 bridgehead atoms. The highest BCUT2D eigenvalue weighted by Gasteiger charge is 2.24. The first-order valence-corrected chi connectivity index (χ1v) is 6.56. The van der Waals surface area contributed by atoms with E-state index in [1.165, 1.54) is 0 Å². The number of hydrogen-bond acceptors (Lipinski definition) is 3. The highest BCUT2D eigenvalue weighted by atomic mass is 32.1. The number of carbonyl (C=O) groups is 1. The number of rotatable bonds is 4. The molecule has 3 heteroatoms. The van der Waals surface area contributed by atoms with Crippen molar-refractivity contribution >= 4 is 27.2 Å². The molecule has 1 heterocycles. The molecular formula is C14H16O2S. The highest BCUT2D eigenvalue weighted by Crippen LogP contribution is 2.27. The van der Waals surface area contributed by atoms with Crippen molar-refractivity contribution in [3.63, 3.8) is 0 Å². The lowest BCUT2D eigenvalue weighted by atomic mass is 9.97. The Morgan fingerprint density at radius 3 is 2.71 bits per heavy atom. The average Bonchev–Trinajstić information content (AvgIpc) is 2.76. The molecule has 1 atom stereocenters. The van der Waals surface area contributed by atoms with Gasteiger partial charge in [-0.25, -0.2) is 0 Å². The van der Waals surface area contributed by atoms with E-state index in [1.54, 1.807) is 18.4 Å². The summed E-state index contributed by atoms with van der Waals surface area (Å²) in [5.74, 6) is 0.262. The van der Waals surface area contributed by atoms with Crippen molar-refractivity contribution in [3.05, 3.63) is 35.2 Å². The maximum atomic E-state index is 12.4. The van der Waals surface area contributed by atoms with Gasteiger partial charge in [0.15, 0.2) is 5.78 Å². The predicted molar refractivity (Wildman–Crippen MR) is 71.8 cm³/mol. The number of Topliss-reactive ketones (excluding diaryl/α,β-unsaturated/α-hetero) is 1. The van der Waals surface area contributed by atoms with Gasteiger partial charge in [0, 0.05) is 17.4 Å². The average molecular weight is 248 g/mol. The molecule has 0 saturated carbocycles. The molecular weight excluding hydrogens is 232 g/mol. The second-order valence-corrected chi connectivity index (χ2v) is 5.33. The Kier molecular flexibility index (Phi) is 3.60. The molecule has 0 aliphatic rings. The monoisotopic (exact) mass is 248 g/mol. The van der Waals surface area contributed by atoms with Crippen molar-refractivity contribution in [1.82, 2.24) is 0 Å². The van der Waals surface area contributed by atoms with Gasteiger partial charge in [-0.3, -0.25) is 4.79 Å². The van der Waals surface area contributed by atoms with Gasteiger partial charge in [-0.05, 0) is 28.8 Å². The quantitative estimate of drug-likeness (QED) is 0.770. The Hall–Kier alpha value is -1.19. The number of carbonyl (C=O) groups excluding carboxylic acids is 1. The van der Waals surface area contributed by atoms with Gasteiger partial charge >= 0.3 is 0 Å². The van der Waals surface area contributed by atoms with Crippen LogP contribution >= 0.6 is 11.3 Å². The van der Waals surface area contributed by atoms with E-state index in [0.29, 0.717) is 0 Å². The molecule has 2 rings (SSSR count). The number of fused-ring (bicyclic) bond motifs is 1. The van der Waals surface area contributed by atoms with E-state index < -0.39 is 0 Å². The van der Waals surface area contributed by atoms with E-state index in [4.69, 9.17) is 4.74 Å². The molecule has 0 aliphatic carbocycles. The largest absolute Gasteiger partial charge is 0.373 e. The molecule has 2 aromatic rings. The van der Waals surface area contributed by atoms with Crippen molar-refractivity contribution in [1.29, 1.82) is 0 Å². The zero-order valence-electron chi connectivity index (χ0n) is 10.3. The minimum Gasteiger partial charge on any atom is -0.373 e. The third kappa shape index (κ3) is 2.26. The van der Waals surface area contributed by atoms with Crippen LogP contribution in [0.15, 0.2) is 29.6 Å². The van der Waals surface area contributed by atoms with Gasteiger partial charge in [0.1, 0.15) is 6.10 Å². The fourth-order valence-corrected chi connectivity index (χ4v) is 2.94. The van der Waals surface area contributed by atoms with Crippen LogP contribution in [0, 0.1) is 5.92 Å². The molecule has 0 amide bonds. The van der Waals surface area contributed by atoms with Crippen LogP contribution in [0.25, 0.3) is 10.1 Å². The van der Waals surface area contributed by atoms with E-state index >= 15 is 0 Å². The summed E-state index contributed by atoms with van der Waals surface area (Å²) in [5.41, 5.74) is 0.776. The van der Waals surface area contributed by atoms with Gasteiger partial charge < -0.3 is 4.74 Å². The first kappa shape index (κ1) is 12.3. The fraction of sp³-hybridized carbons (Fsp3) is 0.357. The van der Waals surface area contributed by atoms with E-state index in [0.717, 1.165) is 15.6 Å². The van der Waals surface area contributed by atoms with Crippen molar-refractivity contribution in [2.45, 2.75) is 20.0 Å². The zero-order valence-corrected chi connectivity index (χ0v) is 11.1. The SMILES string of the molecule is COC(C(=O)c1cccc2ccsc12)C(C)C. The zero-order chi connectivity index (χ0) is 12.4. The number of benzene rings is 1. The van der Waals surface area contributed by atoms with Gasteiger partial charge in [-0.1, -0.05) is 26.0 Å². The predicted octanol–water partition coefficient (Wildman–Crippen LogP) is 3.76. The Morgan fingerprint density at radius 2 is 2.06 bits per heavy atom. The van der Waals surface area contributed by atoms with Gasteiger partial charge in [-0.2, -0.15) is 0 Å². The molecule has 0 spiro atoms. The molecule has 2 nitrogen and oxygen atoms in total. The third-order valence-corrected chi connectivity index (χ3v) is 3.83. The molecule has 0 radical (unpaired) electrons. The van der Waals surface area contributed by atoms with Gasteiger partial charge in [0.25, 0.3) is 0 Å². The van der Waals surface area contributed by atoms with Crippen molar-refractivity contribution in [3.8, 4) is 0 Å². The summed E-state index contributed by atoms with van der Waals surface area (Å²) >= 11 is 1.61. The van der Waals surface area contributed by atoms with Crippen molar-refractivity contribution < 1.29 is 9.53 Å². The van der Waals surface area contributed by atoms with Crippen LogP contribution in [0.4, 0.5) is 0 Å². The maximum Gasteiger partial charge on any atom is 0.193 e. The number of ketones is 1. The minimum absolute atomic E-state index is 0.0792. The van der Waals surface area contributed by atoms with Crippen LogP contribution in [0.1, 0.15) is 24.2 Å². The van der Waals surface area contributed by atoms with Crippen LogP contribution in [0.3, 0.4) is 0 Å². The summed E-state index contributed by atoms with van der Waals surface area (Å²) < 4.78 is 6.36. The maximum absolute atomic E-state index is 12.4. The summed E-state index contributed by atoms with van der Waals surface area (Å²) in [6.45, 7) is 4.00. The normalized spacial score (nSPS) is 13.2. The molecule has 0 aliphatic heterocycles. The van der Waals surface area contributed by atoms with E-state index in [2.05, 4.69) is 0 Å². The van der Waals surface area contributed by atoms with Crippen LogP contribution in [-0.2, 0) is 4.74 Å². The lowest BCUT2D eigenvalue weighted by Crippen LogP contribution is -2.28. The van der Waals surface area contributed by atoms with E-state index in [9.17, 15) is 4.79 Å². The Labute approximate surface area is 105 Å². The number of thiophene rings is 1. The van der Waals surface area contributed by atoms with Gasteiger partial charge in [0.05, 0.1) is 0 Å². The standard InChI is InChI=1S/C14H16O2S/c1-9(2)13(16-3)12(15)11-6-4-5-10-7-8-17-14(10)11/h4-9,13H,1-3H3. The summed E-state index contributed by atoms with van der Waals surface area (Å²) in [5, 5.41) is 3.14. The van der Waals surface area contributed by atoms with Crippen LogP contribution < -0.4 is 0 Å². The molecule has 1 aromatic heterocycles. The Balaban J connectivity index is 2.45. The van der Waals surface area contributed by atoms with Crippen LogP contribution in [-0.4, -0.2) is 19.0 Å². The third-order valence-electron chi connectivity index (χ3n) is 2.86. The minimum atomic E-state index is -0.359. The molecule has 0 saturated heterocycles. The summed E-state index contributed by atoms with van der Waals surface area (Å²) in [6.07, 6.45) is -0.359. The highest BCUT2D eigenvalue weighted by molar-refractivity contribution is 7.17. The number of methoxy groups -OCH3 is 1. The van der Waals surface area contributed by atoms with E-state index in [-0.39, 0.29) is 17.8 Å². The lowest BCUT2D eigenvalue weighted by molar-refractivity contribution is 0.0460. The Morgan fingerprint density at radius 1 is 1.29 bits per heavy atom. The number of hydrogen-bond donors (Lipinski definition) is 0. The second-order valence-electron chi connectivity index (χ2n) is 4.41. The Bertz CT molecular complexity index is 528. The van der Waals surface area contributed by atoms with Crippen LogP contribution in [0.2, 0.25) is 0 Å². The molecule has 0 N–H and O–H groups in total. The first-order chi connectivity index (χ1) is 8.15. The molecule has 1 unspecified atom stereocenters. The molecule has 17 heavy (non-hydrogen) atoms. The van der Waals surface area contributed by atoms with Gasteiger partial charge in [-0.15, -0.1) is 11.3 Å². The first-order valence-electron chi connectivity index (χ1n) is 5.68. The number of ether oxygens (including phenoxy) is 1. The summed E-state index contributed by atoms with van der Waals surface area (Å²) in [7, 11) is 1.59. The topological polar surface area (TPSA) is 26.3 Å². The molecule has 0 fully saturated rings. The second kappa shape index (κ2) is 4.98. The van der Waals surface area contributed by atoms with Crippen molar-refractivity contribution in [2.24, 2.45) is 5.92 Å².